The Labute approximate surface area is 109 Å². The molecule has 0 aromatic rings. The smallest absolute Gasteiger partial charge is 0.239 e. The zero-order valence-corrected chi connectivity index (χ0v) is 11.3. The lowest BCUT2D eigenvalue weighted by molar-refractivity contribution is -0.135. The molecule has 0 aromatic heterocycles. The number of hydrogen-bond donors (Lipinski definition) is 2. The molecule has 18 heavy (non-hydrogen) atoms. The second-order valence-electron chi connectivity index (χ2n) is 4.73. The summed E-state index contributed by atoms with van der Waals surface area (Å²) < 4.78 is 0. The largest absolute Gasteiger partial charge is 0.353 e. The van der Waals surface area contributed by atoms with Gasteiger partial charge >= 0.3 is 0 Å². The SMILES string of the molecule is CCCNCCNC(=O)CN1CCCCCC1=O. The molecule has 0 spiro atoms. The van der Waals surface area contributed by atoms with Crippen LogP contribution in [0.3, 0.4) is 0 Å². The Bertz CT molecular complexity index is 269. The zero-order valence-electron chi connectivity index (χ0n) is 11.3. The van der Waals surface area contributed by atoms with Gasteiger partial charge in [-0.2, -0.15) is 0 Å². The van der Waals surface area contributed by atoms with Crippen LogP contribution in [-0.4, -0.2) is 49.4 Å². The number of likely N-dealkylation sites (tertiary alicyclic amines) is 1. The molecule has 5 heteroatoms. The lowest BCUT2D eigenvalue weighted by Crippen LogP contribution is -2.42. The van der Waals surface area contributed by atoms with Crippen LogP contribution in [0.25, 0.3) is 0 Å². The lowest BCUT2D eigenvalue weighted by Gasteiger charge is -2.19. The van der Waals surface area contributed by atoms with Gasteiger partial charge in [-0.05, 0) is 25.8 Å². The Kier molecular flexibility index (Phi) is 7.41. The number of nitrogens with zero attached hydrogens (tertiary/aromatic N) is 1. The van der Waals surface area contributed by atoms with Crippen LogP contribution < -0.4 is 10.6 Å². The molecule has 104 valence electrons. The van der Waals surface area contributed by atoms with Crippen molar-refractivity contribution in [3.05, 3.63) is 0 Å². The second kappa shape index (κ2) is 8.91. The first kappa shape index (κ1) is 15.0. The van der Waals surface area contributed by atoms with Crippen LogP contribution in [0.2, 0.25) is 0 Å². The fourth-order valence-corrected chi connectivity index (χ4v) is 2.03. The minimum absolute atomic E-state index is 0.0523. The van der Waals surface area contributed by atoms with E-state index < -0.39 is 0 Å². The van der Waals surface area contributed by atoms with E-state index in [0.29, 0.717) is 13.0 Å². The molecule has 0 atom stereocenters. The van der Waals surface area contributed by atoms with Crippen LogP contribution in [0, 0.1) is 0 Å². The Morgan fingerprint density at radius 1 is 1.22 bits per heavy atom. The van der Waals surface area contributed by atoms with E-state index in [1.54, 1.807) is 4.90 Å². The van der Waals surface area contributed by atoms with Gasteiger partial charge in [0.15, 0.2) is 0 Å². The Hall–Kier alpha value is -1.10. The van der Waals surface area contributed by atoms with Crippen LogP contribution in [0.5, 0.6) is 0 Å². The highest BCUT2D eigenvalue weighted by molar-refractivity contribution is 5.84. The molecule has 0 unspecified atom stereocenters. The minimum atomic E-state index is -0.0523. The highest BCUT2D eigenvalue weighted by Gasteiger charge is 2.18. The van der Waals surface area contributed by atoms with E-state index in [0.717, 1.165) is 45.3 Å². The predicted molar refractivity (Wildman–Crippen MR) is 71.2 cm³/mol. The van der Waals surface area contributed by atoms with Crippen molar-refractivity contribution in [2.24, 2.45) is 0 Å². The molecule has 1 rings (SSSR count). The fourth-order valence-electron chi connectivity index (χ4n) is 2.03. The topological polar surface area (TPSA) is 61.4 Å². The van der Waals surface area contributed by atoms with Gasteiger partial charge in [-0.1, -0.05) is 13.3 Å². The fraction of sp³-hybridized carbons (Fsp3) is 0.846. The third-order valence-electron chi connectivity index (χ3n) is 3.06. The standard InChI is InChI=1S/C13H25N3O2/c1-2-7-14-8-9-15-12(17)11-16-10-5-3-4-6-13(16)18/h14H,2-11H2,1H3,(H,15,17). The number of amides is 2. The summed E-state index contributed by atoms with van der Waals surface area (Å²) in [6, 6.07) is 0. The molecule has 1 saturated heterocycles. The van der Waals surface area contributed by atoms with Gasteiger partial charge in [-0.3, -0.25) is 9.59 Å². The molecule has 1 heterocycles. The van der Waals surface area contributed by atoms with E-state index in [1.807, 2.05) is 0 Å². The summed E-state index contributed by atoms with van der Waals surface area (Å²) in [6.07, 6.45) is 4.74. The maximum atomic E-state index is 11.7. The van der Waals surface area contributed by atoms with Crippen molar-refractivity contribution in [2.45, 2.75) is 39.0 Å². The molecular weight excluding hydrogens is 230 g/mol. The molecule has 0 radical (unpaired) electrons. The quantitative estimate of drug-likeness (QED) is 0.651. The Morgan fingerprint density at radius 3 is 2.83 bits per heavy atom. The molecule has 0 bridgehead atoms. The average molecular weight is 255 g/mol. The first-order valence-electron chi connectivity index (χ1n) is 6.99. The van der Waals surface area contributed by atoms with Crippen LogP contribution in [0.1, 0.15) is 39.0 Å². The normalized spacial score (nSPS) is 16.5. The van der Waals surface area contributed by atoms with Crippen molar-refractivity contribution < 1.29 is 9.59 Å². The number of hydrogen-bond acceptors (Lipinski definition) is 3. The van der Waals surface area contributed by atoms with Gasteiger partial charge in [-0.25, -0.2) is 0 Å². The van der Waals surface area contributed by atoms with Crippen LogP contribution >= 0.6 is 0 Å². The number of carbonyl (C=O) groups excluding carboxylic acids is 2. The molecule has 1 fully saturated rings. The molecule has 2 amide bonds. The Balaban J connectivity index is 2.16. The number of carbonyl (C=O) groups is 2. The highest BCUT2D eigenvalue weighted by Crippen LogP contribution is 2.10. The van der Waals surface area contributed by atoms with E-state index in [9.17, 15) is 9.59 Å². The molecule has 1 aliphatic heterocycles. The molecule has 0 aliphatic carbocycles. The van der Waals surface area contributed by atoms with Gasteiger partial charge in [-0.15, -0.1) is 0 Å². The van der Waals surface area contributed by atoms with Crippen molar-refractivity contribution in [2.75, 3.05) is 32.7 Å². The summed E-state index contributed by atoms with van der Waals surface area (Å²) in [4.78, 5) is 25.0. The molecule has 0 aromatic carbocycles. The molecule has 5 nitrogen and oxygen atoms in total. The molecule has 0 saturated carbocycles. The maximum Gasteiger partial charge on any atom is 0.239 e. The third kappa shape index (κ3) is 6.00. The highest BCUT2D eigenvalue weighted by atomic mass is 16.2. The predicted octanol–water partition coefficient (Wildman–Crippen LogP) is 0.505. The summed E-state index contributed by atoms with van der Waals surface area (Å²) >= 11 is 0. The van der Waals surface area contributed by atoms with Gasteiger partial charge in [0.25, 0.3) is 0 Å². The zero-order chi connectivity index (χ0) is 13.2. The monoisotopic (exact) mass is 255 g/mol. The van der Waals surface area contributed by atoms with Crippen molar-refractivity contribution in [1.82, 2.24) is 15.5 Å². The van der Waals surface area contributed by atoms with E-state index in [-0.39, 0.29) is 18.4 Å². The first-order chi connectivity index (χ1) is 8.74. The third-order valence-corrected chi connectivity index (χ3v) is 3.06. The van der Waals surface area contributed by atoms with Crippen molar-refractivity contribution in [3.63, 3.8) is 0 Å². The summed E-state index contributed by atoms with van der Waals surface area (Å²) in [5, 5.41) is 6.05. The molecule has 2 N–H and O–H groups in total. The van der Waals surface area contributed by atoms with Gasteiger partial charge < -0.3 is 15.5 Å². The van der Waals surface area contributed by atoms with Crippen LogP contribution in [0.15, 0.2) is 0 Å². The Morgan fingerprint density at radius 2 is 2.06 bits per heavy atom. The summed E-state index contributed by atoms with van der Waals surface area (Å²) in [7, 11) is 0. The van der Waals surface area contributed by atoms with Gasteiger partial charge in [0.05, 0.1) is 6.54 Å². The van der Waals surface area contributed by atoms with Crippen LogP contribution in [-0.2, 0) is 9.59 Å². The summed E-state index contributed by atoms with van der Waals surface area (Å²) in [5.41, 5.74) is 0. The molecule has 1 aliphatic rings. The van der Waals surface area contributed by atoms with Crippen molar-refractivity contribution >= 4 is 11.8 Å². The van der Waals surface area contributed by atoms with Crippen LogP contribution in [0.4, 0.5) is 0 Å². The lowest BCUT2D eigenvalue weighted by atomic mass is 10.2. The minimum Gasteiger partial charge on any atom is -0.353 e. The first-order valence-corrected chi connectivity index (χ1v) is 6.99. The summed E-state index contributed by atoms with van der Waals surface area (Å²) in [5.74, 6) is 0.0651. The van der Waals surface area contributed by atoms with Crippen molar-refractivity contribution in [3.8, 4) is 0 Å². The number of rotatable bonds is 7. The van der Waals surface area contributed by atoms with E-state index in [4.69, 9.17) is 0 Å². The van der Waals surface area contributed by atoms with Gasteiger partial charge in [0, 0.05) is 26.1 Å². The van der Waals surface area contributed by atoms with E-state index in [2.05, 4.69) is 17.6 Å². The van der Waals surface area contributed by atoms with E-state index in [1.165, 1.54) is 0 Å². The van der Waals surface area contributed by atoms with Crippen molar-refractivity contribution in [1.29, 1.82) is 0 Å². The average Bonchev–Trinajstić information content (AvgIpc) is 2.55. The summed E-state index contributed by atoms with van der Waals surface area (Å²) in [6.45, 7) is 5.43. The van der Waals surface area contributed by atoms with Gasteiger partial charge in [0.1, 0.15) is 0 Å². The maximum absolute atomic E-state index is 11.7. The second-order valence-corrected chi connectivity index (χ2v) is 4.73. The molecular formula is C13H25N3O2. The number of nitrogens with one attached hydrogen (secondary N) is 2. The van der Waals surface area contributed by atoms with Gasteiger partial charge in [0.2, 0.25) is 11.8 Å². The van der Waals surface area contributed by atoms with E-state index >= 15 is 0 Å².